The van der Waals surface area contributed by atoms with Gasteiger partial charge in [-0.3, -0.25) is 0 Å². The SMILES string of the molecule is CC1CC2C3CCCCC3C(C)(C)C2C1. The van der Waals surface area contributed by atoms with E-state index in [4.69, 9.17) is 0 Å². The van der Waals surface area contributed by atoms with E-state index in [1.54, 1.807) is 19.3 Å². The molecule has 3 fully saturated rings. The summed E-state index contributed by atoms with van der Waals surface area (Å²) in [6.07, 6.45) is 9.22. The van der Waals surface area contributed by atoms with E-state index in [-0.39, 0.29) is 0 Å². The Morgan fingerprint density at radius 3 is 2.40 bits per heavy atom. The van der Waals surface area contributed by atoms with Crippen LogP contribution in [0.1, 0.15) is 59.3 Å². The third-order valence-corrected chi connectivity index (χ3v) is 6.13. The van der Waals surface area contributed by atoms with E-state index in [1.165, 1.54) is 19.3 Å². The summed E-state index contributed by atoms with van der Waals surface area (Å²) in [7, 11) is 0. The molecule has 0 amide bonds. The van der Waals surface area contributed by atoms with Crippen molar-refractivity contribution in [1.29, 1.82) is 0 Å². The molecule has 0 nitrogen and oxygen atoms in total. The minimum atomic E-state index is 0.667. The number of rotatable bonds is 0. The van der Waals surface area contributed by atoms with Crippen molar-refractivity contribution >= 4 is 0 Å². The fourth-order valence-electron chi connectivity index (χ4n) is 5.53. The van der Waals surface area contributed by atoms with E-state index >= 15 is 0 Å². The van der Waals surface area contributed by atoms with Crippen LogP contribution in [0.25, 0.3) is 0 Å². The first-order chi connectivity index (χ1) is 7.10. The maximum Gasteiger partial charge on any atom is -0.0292 e. The molecular formula is C15H26. The van der Waals surface area contributed by atoms with Crippen LogP contribution in [0.3, 0.4) is 0 Å². The zero-order chi connectivity index (χ0) is 10.6. The Kier molecular flexibility index (Phi) is 2.20. The van der Waals surface area contributed by atoms with Crippen LogP contribution in [0.15, 0.2) is 0 Å². The van der Waals surface area contributed by atoms with Gasteiger partial charge < -0.3 is 0 Å². The number of hydrogen-bond acceptors (Lipinski definition) is 0. The van der Waals surface area contributed by atoms with Crippen LogP contribution in [0.4, 0.5) is 0 Å². The topological polar surface area (TPSA) is 0 Å². The fourth-order valence-corrected chi connectivity index (χ4v) is 5.53. The molecule has 3 aliphatic carbocycles. The molecule has 3 aliphatic rings. The predicted octanol–water partition coefficient (Wildman–Crippen LogP) is 4.49. The Morgan fingerprint density at radius 2 is 1.60 bits per heavy atom. The maximum absolute atomic E-state index is 2.58. The Balaban J connectivity index is 1.91. The van der Waals surface area contributed by atoms with Crippen molar-refractivity contribution in [2.75, 3.05) is 0 Å². The van der Waals surface area contributed by atoms with Crippen molar-refractivity contribution < 1.29 is 0 Å². The van der Waals surface area contributed by atoms with Gasteiger partial charge in [-0.25, -0.2) is 0 Å². The minimum absolute atomic E-state index is 0.667. The third kappa shape index (κ3) is 1.33. The second-order valence-corrected chi connectivity index (χ2v) is 7.22. The van der Waals surface area contributed by atoms with Crippen LogP contribution < -0.4 is 0 Å². The van der Waals surface area contributed by atoms with Crippen molar-refractivity contribution in [3.8, 4) is 0 Å². The average Bonchev–Trinajstić information content (AvgIpc) is 2.68. The molecule has 3 saturated carbocycles. The first kappa shape index (κ1) is 10.2. The van der Waals surface area contributed by atoms with Crippen LogP contribution in [-0.4, -0.2) is 0 Å². The van der Waals surface area contributed by atoms with E-state index in [0.717, 1.165) is 29.6 Å². The standard InChI is InChI=1S/C15H26/c1-10-8-12-11-6-4-5-7-13(11)15(2,3)14(12)9-10/h10-14H,4-9H2,1-3H3. The van der Waals surface area contributed by atoms with Gasteiger partial charge in [0.05, 0.1) is 0 Å². The lowest BCUT2D eigenvalue weighted by Gasteiger charge is -2.37. The first-order valence-electron chi connectivity index (χ1n) is 7.10. The van der Waals surface area contributed by atoms with Crippen molar-refractivity contribution in [2.45, 2.75) is 59.3 Å². The molecule has 0 aromatic heterocycles. The molecule has 0 heteroatoms. The van der Waals surface area contributed by atoms with Crippen LogP contribution in [0.5, 0.6) is 0 Å². The summed E-state index contributed by atoms with van der Waals surface area (Å²) in [4.78, 5) is 0. The van der Waals surface area contributed by atoms with E-state index < -0.39 is 0 Å². The van der Waals surface area contributed by atoms with Gasteiger partial charge in [-0.15, -0.1) is 0 Å². The van der Waals surface area contributed by atoms with E-state index in [1.807, 2.05) is 0 Å². The van der Waals surface area contributed by atoms with E-state index in [0.29, 0.717) is 5.41 Å². The van der Waals surface area contributed by atoms with E-state index in [9.17, 15) is 0 Å². The highest BCUT2D eigenvalue weighted by Gasteiger charge is 2.57. The Bertz CT molecular complexity index is 253. The molecular weight excluding hydrogens is 180 g/mol. The average molecular weight is 206 g/mol. The summed E-state index contributed by atoms with van der Waals surface area (Å²) in [5, 5.41) is 0. The molecule has 0 heterocycles. The summed E-state index contributed by atoms with van der Waals surface area (Å²) in [6.45, 7) is 7.64. The van der Waals surface area contributed by atoms with Gasteiger partial charge in [-0.2, -0.15) is 0 Å². The monoisotopic (exact) mass is 206 g/mol. The van der Waals surface area contributed by atoms with E-state index in [2.05, 4.69) is 20.8 Å². The van der Waals surface area contributed by atoms with Gasteiger partial charge in [0.25, 0.3) is 0 Å². The molecule has 0 radical (unpaired) electrons. The fraction of sp³-hybridized carbons (Fsp3) is 1.00. The number of fused-ring (bicyclic) bond motifs is 3. The number of hydrogen-bond donors (Lipinski definition) is 0. The Hall–Kier alpha value is 0. The molecule has 5 atom stereocenters. The second kappa shape index (κ2) is 3.25. The Labute approximate surface area is 94.8 Å². The van der Waals surface area contributed by atoms with Crippen LogP contribution >= 0.6 is 0 Å². The highest BCUT2D eigenvalue weighted by Crippen LogP contribution is 2.64. The lowest BCUT2D eigenvalue weighted by atomic mass is 9.68. The molecule has 5 unspecified atom stereocenters. The summed E-state index contributed by atoms with van der Waals surface area (Å²) in [5.41, 5.74) is 0.667. The lowest BCUT2D eigenvalue weighted by molar-refractivity contribution is 0.124. The van der Waals surface area contributed by atoms with Crippen LogP contribution in [0.2, 0.25) is 0 Å². The second-order valence-electron chi connectivity index (χ2n) is 7.22. The molecule has 0 aromatic carbocycles. The van der Waals surface area contributed by atoms with Gasteiger partial charge in [0.1, 0.15) is 0 Å². The molecule has 15 heavy (non-hydrogen) atoms. The molecule has 0 saturated heterocycles. The van der Waals surface area contributed by atoms with Gasteiger partial charge in [-0.05, 0) is 60.7 Å². The van der Waals surface area contributed by atoms with Gasteiger partial charge in [0.15, 0.2) is 0 Å². The zero-order valence-corrected chi connectivity index (χ0v) is 10.6. The lowest BCUT2D eigenvalue weighted by Crippen LogP contribution is -2.29. The van der Waals surface area contributed by atoms with Gasteiger partial charge in [-0.1, -0.05) is 33.6 Å². The molecule has 86 valence electrons. The van der Waals surface area contributed by atoms with Gasteiger partial charge >= 0.3 is 0 Å². The van der Waals surface area contributed by atoms with Crippen molar-refractivity contribution in [2.24, 2.45) is 35.0 Å². The van der Waals surface area contributed by atoms with Crippen molar-refractivity contribution in [3.05, 3.63) is 0 Å². The molecule has 0 bridgehead atoms. The third-order valence-electron chi connectivity index (χ3n) is 6.13. The maximum atomic E-state index is 2.58. The molecule has 0 aromatic rings. The van der Waals surface area contributed by atoms with Crippen LogP contribution in [-0.2, 0) is 0 Å². The smallest absolute Gasteiger partial charge is 0.0292 e. The molecule has 0 N–H and O–H groups in total. The highest BCUT2D eigenvalue weighted by atomic mass is 14.6. The van der Waals surface area contributed by atoms with Crippen molar-refractivity contribution in [3.63, 3.8) is 0 Å². The molecule has 0 spiro atoms. The van der Waals surface area contributed by atoms with Gasteiger partial charge in [0, 0.05) is 0 Å². The van der Waals surface area contributed by atoms with Crippen LogP contribution in [0, 0.1) is 35.0 Å². The van der Waals surface area contributed by atoms with Crippen molar-refractivity contribution in [1.82, 2.24) is 0 Å². The summed E-state index contributed by atoms with van der Waals surface area (Å²) in [5.74, 6) is 5.39. The summed E-state index contributed by atoms with van der Waals surface area (Å²) in [6, 6.07) is 0. The summed E-state index contributed by atoms with van der Waals surface area (Å²) < 4.78 is 0. The summed E-state index contributed by atoms with van der Waals surface area (Å²) >= 11 is 0. The minimum Gasteiger partial charge on any atom is -0.0625 e. The zero-order valence-electron chi connectivity index (χ0n) is 10.6. The highest BCUT2D eigenvalue weighted by molar-refractivity contribution is 5.06. The normalized spacial score (nSPS) is 52.6. The quantitative estimate of drug-likeness (QED) is 0.547. The largest absolute Gasteiger partial charge is 0.0625 e. The van der Waals surface area contributed by atoms with Gasteiger partial charge in [0.2, 0.25) is 0 Å². The Morgan fingerprint density at radius 1 is 0.867 bits per heavy atom. The predicted molar refractivity (Wildman–Crippen MR) is 64.6 cm³/mol. The molecule has 0 aliphatic heterocycles. The molecule has 3 rings (SSSR count). The first-order valence-corrected chi connectivity index (χ1v) is 7.10.